The normalized spacial score (nSPS) is 22.8. The van der Waals surface area contributed by atoms with Crippen LogP contribution in [-0.4, -0.2) is 72.5 Å². The molecule has 2 saturated heterocycles. The lowest BCUT2D eigenvalue weighted by Gasteiger charge is -2.36. The molecule has 0 amide bonds. The Morgan fingerprint density at radius 2 is 1.28 bits per heavy atom. The van der Waals surface area contributed by atoms with E-state index in [2.05, 4.69) is 79.9 Å². The summed E-state index contributed by atoms with van der Waals surface area (Å²) in [6, 6.07) is 0.518. The quantitative estimate of drug-likeness (QED) is 0.130. The zero-order chi connectivity index (χ0) is 39.9. The number of rotatable bonds is 14. The van der Waals surface area contributed by atoms with Gasteiger partial charge in [0.1, 0.15) is 23.6 Å². The zero-order valence-corrected chi connectivity index (χ0v) is 34.2. The van der Waals surface area contributed by atoms with Gasteiger partial charge in [-0.2, -0.15) is 0 Å². The number of hydrogen-bond donors (Lipinski definition) is 3. The predicted molar refractivity (Wildman–Crippen MR) is 210 cm³/mol. The van der Waals surface area contributed by atoms with Crippen molar-refractivity contribution in [2.45, 2.75) is 169 Å². The van der Waals surface area contributed by atoms with E-state index in [0.717, 1.165) is 51.4 Å². The van der Waals surface area contributed by atoms with Gasteiger partial charge in [0.05, 0.1) is 24.4 Å². The molecular formula is C39H60N5O9P. The summed E-state index contributed by atoms with van der Waals surface area (Å²) in [5.74, 6) is 11.7. The summed E-state index contributed by atoms with van der Waals surface area (Å²) in [5, 5.41) is 9.73. The van der Waals surface area contributed by atoms with Crippen molar-refractivity contribution >= 4 is 8.53 Å². The summed E-state index contributed by atoms with van der Waals surface area (Å²) in [6.07, 6.45) is 9.05. The van der Waals surface area contributed by atoms with E-state index in [0.29, 0.717) is 12.8 Å². The molecule has 300 valence electrons. The molecule has 4 rings (SSSR count). The topological polar surface area (TPSA) is 170 Å². The van der Waals surface area contributed by atoms with E-state index in [-0.39, 0.29) is 41.5 Å². The summed E-state index contributed by atoms with van der Waals surface area (Å²) in [5.41, 5.74) is -1.51. The van der Waals surface area contributed by atoms with Gasteiger partial charge < -0.3 is 23.6 Å². The number of nitrogens with one attached hydrogen (secondary N) is 2. The van der Waals surface area contributed by atoms with Crippen molar-refractivity contribution < 1.29 is 23.6 Å². The van der Waals surface area contributed by atoms with E-state index in [1.807, 2.05) is 6.92 Å². The largest absolute Gasteiger partial charge is 0.390 e. The number of aliphatic hydroxyl groups is 1. The Hall–Kier alpha value is -3.33. The summed E-state index contributed by atoms with van der Waals surface area (Å²) < 4.78 is 28.5. The number of H-pyrrole nitrogens is 2. The standard InChI is InChI=1S/C23H38N3O5P.C16H22N2O4/c1-8-9-10-11-12-13-19-15-25(23(28)24-22(19)27)21-14-20(18(6)30-21)31-32(29-7)26(16(2)3)17(4)5;1-3-4-5-6-7-8-12-10-18(16(21)17-15(12)20)14-9-13(19)11(2)22-14/h15-18,20-21H,8-11,14H2,1-7H3,(H,24,27,28);10-11,13-14,19H,3-6,9H2,1-2H3,(H,17,20,21)/t18-,20-,21-,32?;11-,13-,14-/m11/s1. The highest BCUT2D eigenvalue weighted by atomic mass is 31.2. The number of unbranched alkanes of at least 4 members (excludes halogenated alkanes) is 6. The smallest absolute Gasteiger partial charge is 0.330 e. The highest BCUT2D eigenvalue weighted by Crippen LogP contribution is 2.49. The first-order valence-corrected chi connectivity index (χ1v) is 20.3. The van der Waals surface area contributed by atoms with Gasteiger partial charge in [-0.3, -0.25) is 28.7 Å². The van der Waals surface area contributed by atoms with Gasteiger partial charge in [-0.1, -0.05) is 63.2 Å². The average molecular weight is 774 g/mol. The zero-order valence-electron chi connectivity index (χ0n) is 33.3. The Kier molecular flexibility index (Phi) is 18.6. The fraction of sp³-hybridized carbons (Fsp3) is 0.692. The lowest BCUT2D eigenvalue weighted by molar-refractivity contribution is -0.0101. The SMILES string of the molecule is CCCCCC#Cc1cn([C@H]2C[C@@H](O)[C@@H](C)O2)c(=O)[nH]c1=O.CCCCCC#Cc1cn([C@H]2C[C@@H](OP(OC)N(C(C)C)C(C)C)[C@@H](C)O2)c(=O)[nH]c1=O. The van der Waals surface area contributed by atoms with Crippen molar-refractivity contribution in [3.8, 4) is 23.7 Å². The molecule has 2 aliphatic rings. The van der Waals surface area contributed by atoms with Gasteiger partial charge in [0.15, 0.2) is 0 Å². The monoisotopic (exact) mass is 773 g/mol. The summed E-state index contributed by atoms with van der Waals surface area (Å²) in [4.78, 5) is 53.0. The fourth-order valence-corrected chi connectivity index (χ4v) is 7.79. The molecule has 14 nitrogen and oxygen atoms in total. The van der Waals surface area contributed by atoms with Crippen molar-refractivity contribution in [3.63, 3.8) is 0 Å². The van der Waals surface area contributed by atoms with Crippen LogP contribution in [0.15, 0.2) is 31.6 Å². The molecule has 0 aliphatic carbocycles. The van der Waals surface area contributed by atoms with Crippen LogP contribution in [0.2, 0.25) is 0 Å². The van der Waals surface area contributed by atoms with Crippen LogP contribution in [0.3, 0.4) is 0 Å². The molecule has 4 heterocycles. The Bertz CT molecular complexity index is 1830. The summed E-state index contributed by atoms with van der Waals surface area (Å²) in [6.45, 7) is 16.4. The number of nitrogens with zero attached hydrogens (tertiary/aromatic N) is 3. The third-order valence-corrected chi connectivity index (χ3v) is 11.2. The minimum absolute atomic E-state index is 0.233. The van der Waals surface area contributed by atoms with Gasteiger partial charge in [0.25, 0.3) is 19.6 Å². The van der Waals surface area contributed by atoms with Crippen molar-refractivity contribution in [2.75, 3.05) is 7.11 Å². The van der Waals surface area contributed by atoms with Crippen molar-refractivity contribution in [3.05, 3.63) is 65.2 Å². The van der Waals surface area contributed by atoms with E-state index in [1.54, 1.807) is 14.0 Å². The molecule has 2 fully saturated rings. The van der Waals surface area contributed by atoms with Crippen LogP contribution in [0.25, 0.3) is 0 Å². The predicted octanol–water partition coefficient (Wildman–Crippen LogP) is 5.29. The minimum atomic E-state index is -1.27. The maximum atomic E-state index is 12.5. The first-order chi connectivity index (χ1) is 25.7. The molecule has 0 aromatic carbocycles. The average Bonchev–Trinajstić information content (AvgIpc) is 3.65. The lowest BCUT2D eigenvalue weighted by atomic mass is 10.2. The molecule has 0 radical (unpaired) electrons. The highest BCUT2D eigenvalue weighted by molar-refractivity contribution is 7.44. The lowest BCUT2D eigenvalue weighted by Crippen LogP contribution is -2.35. The van der Waals surface area contributed by atoms with Gasteiger partial charge >= 0.3 is 11.4 Å². The Morgan fingerprint density at radius 1 is 0.815 bits per heavy atom. The summed E-state index contributed by atoms with van der Waals surface area (Å²) in [7, 11) is 0.379. The van der Waals surface area contributed by atoms with E-state index >= 15 is 0 Å². The van der Waals surface area contributed by atoms with Gasteiger partial charge in [0.2, 0.25) is 0 Å². The maximum absolute atomic E-state index is 12.5. The maximum Gasteiger partial charge on any atom is 0.330 e. The van der Waals surface area contributed by atoms with Crippen LogP contribution in [0.5, 0.6) is 0 Å². The second-order valence-corrected chi connectivity index (χ2v) is 15.7. The third kappa shape index (κ3) is 12.9. The van der Waals surface area contributed by atoms with Crippen molar-refractivity contribution in [1.29, 1.82) is 0 Å². The number of hydrogen-bond acceptors (Lipinski definition) is 10. The molecule has 2 aromatic rings. The van der Waals surface area contributed by atoms with E-state index < -0.39 is 49.6 Å². The number of aromatic nitrogens is 4. The Balaban J connectivity index is 0.000000311. The number of aromatic amines is 2. The van der Waals surface area contributed by atoms with Gasteiger partial charge in [-0.05, 0) is 54.4 Å². The first kappa shape index (κ1) is 45.1. The molecule has 3 N–H and O–H groups in total. The van der Waals surface area contributed by atoms with Gasteiger partial charge in [0, 0.05) is 57.3 Å². The molecule has 2 aliphatic heterocycles. The molecule has 0 bridgehead atoms. The first-order valence-electron chi connectivity index (χ1n) is 19.2. The summed E-state index contributed by atoms with van der Waals surface area (Å²) >= 11 is 0. The molecule has 2 aromatic heterocycles. The molecule has 1 unspecified atom stereocenters. The minimum Gasteiger partial charge on any atom is -0.390 e. The Labute approximate surface area is 319 Å². The van der Waals surface area contributed by atoms with Crippen LogP contribution in [0, 0.1) is 23.7 Å². The Morgan fingerprint density at radius 3 is 1.69 bits per heavy atom. The van der Waals surface area contributed by atoms with Gasteiger partial charge in [-0.15, -0.1) is 0 Å². The highest BCUT2D eigenvalue weighted by Gasteiger charge is 2.39. The number of aliphatic hydroxyl groups excluding tert-OH is 1. The van der Waals surface area contributed by atoms with Crippen molar-refractivity contribution in [1.82, 2.24) is 23.8 Å². The second kappa shape index (κ2) is 22.3. The third-order valence-electron chi connectivity index (χ3n) is 9.13. The molecule has 54 heavy (non-hydrogen) atoms. The van der Waals surface area contributed by atoms with E-state index in [9.17, 15) is 24.3 Å². The van der Waals surface area contributed by atoms with Crippen LogP contribution < -0.4 is 22.5 Å². The second-order valence-electron chi connectivity index (χ2n) is 14.2. The van der Waals surface area contributed by atoms with E-state index in [1.165, 1.54) is 21.5 Å². The van der Waals surface area contributed by atoms with Gasteiger partial charge in [-0.25, -0.2) is 14.3 Å². The van der Waals surface area contributed by atoms with Crippen LogP contribution in [0.4, 0.5) is 0 Å². The van der Waals surface area contributed by atoms with Crippen molar-refractivity contribution in [2.24, 2.45) is 0 Å². The number of ether oxygens (including phenoxy) is 2. The molecule has 15 heteroatoms. The molecule has 0 saturated carbocycles. The van der Waals surface area contributed by atoms with Crippen LogP contribution in [-0.2, 0) is 18.5 Å². The molecule has 7 atom stereocenters. The molecular weight excluding hydrogens is 713 g/mol. The van der Waals surface area contributed by atoms with Crippen LogP contribution in [0.1, 0.15) is 143 Å². The fourth-order valence-electron chi connectivity index (χ4n) is 6.16. The van der Waals surface area contributed by atoms with E-state index in [4.69, 9.17) is 18.5 Å². The molecule has 0 spiro atoms. The van der Waals surface area contributed by atoms with Crippen LogP contribution >= 0.6 is 8.53 Å².